The first-order valence-corrected chi connectivity index (χ1v) is 10.3. The van der Waals surface area contributed by atoms with Crippen molar-refractivity contribution in [1.82, 2.24) is 19.7 Å². The molecule has 2 aromatic heterocycles. The summed E-state index contributed by atoms with van der Waals surface area (Å²) in [5, 5.41) is 20.8. The number of benzene rings is 1. The first-order chi connectivity index (χ1) is 15.1. The van der Waals surface area contributed by atoms with Gasteiger partial charge in [0.2, 0.25) is 11.9 Å². The van der Waals surface area contributed by atoms with Crippen LogP contribution in [0.25, 0.3) is 0 Å². The van der Waals surface area contributed by atoms with Gasteiger partial charge in [-0.15, -0.1) is 0 Å². The van der Waals surface area contributed by atoms with E-state index in [1.165, 1.54) is 12.1 Å². The Balaban J connectivity index is 1.48. The molecule has 3 aromatic rings. The van der Waals surface area contributed by atoms with Gasteiger partial charge in [-0.25, -0.2) is 9.37 Å². The van der Waals surface area contributed by atoms with E-state index < -0.39 is 11.6 Å². The van der Waals surface area contributed by atoms with Crippen molar-refractivity contribution in [3.05, 3.63) is 59.3 Å². The molecule has 0 saturated carbocycles. The molecule has 0 saturated heterocycles. The second-order valence-electron chi connectivity index (χ2n) is 8.51. The number of aliphatic hydroxyl groups is 1. The number of hydrogen-bond acceptors (Lipinski definition) is 7. The van der Waals surface area contributed by atoms with E-state index >= 15 is 0 Å². The number of halogens is 1. The molecule has 3 heterocycles. The molecule has 1 aliphatic heterocycles. The standard InChI is InChI=1S/C22H26FN7O2/c1-13-17-19(29(4)18(20(31)27-17)22(2,3)32)28-21(26-13)24-9-15-10-25-30(12-15)11-14-5-7-16(23)8-6-14/h5-8,10,12,18,32H,9,11H2,1-4H3,(H,27,31)(H,24,26,28). The highest BCUT2D eigenvalue weighted by molar-refractivity contribution is 6.04. The zero-order chi connectivity index (χ0) is 23.0. The summed E-state index contributed by atoms with van der Waals surface area (Å²) >= 11 is 0. The molecule has 1 atom stereocenters. The summed E-state index contributed by atoms with van der Waals surface area (Å²) in [5.41, 5.74) is 1.80. The number of carbonyl (C=O) groups excluding carboxylic acids is 1. The van der Waals surface area contributed by atoms with Crippen molar-refractivity contribution in [3.63, 3.8) is 0 Å². The Kier molecular flexibility index (Phi) is 5.55. The van der Waals surface area contributed by atoms with E-state index in [0.717, 1.165) is 11.1 Å². The number of likely N-dealkylation sites (N-methyl/N-ethyl adjacent to an activating group) is 1. The van der Waals surface area contributed by atoms with Crippen LogP contribution in [0, 0.1) is 12.7 Å². The Hall–Kier alpha value is -3.53. The second kappa shape index (κ2) is 8.19. The van der Waals surface area contributed by atoms with E-state index in [1.807, 2.05) is 6.20 Å². The second-order valence-corrected chi connectivity index (χ2v) is 8.51. The molecule has 32 heavy (non-hydrogen) atoms. The molecule has 0 fully saturated rings. The molecule has 4 rings (SSSR count). The van der Waals surface area contributed by atoms with Crippen LogP contribution in [-0.4, -0.2) is 49.5 Å². The van der Waals surface area contributed by atoms with Crippen molar-refractivity contribution in [3.8, 4) is 0 Å². The van der Waals surface area contributed by atoms with Gasteiger partial charge in [0, 0.05) is 25.4 Å². The van der Waals surface area contributed by atoms with Crippen LogP contribution in [-0.2, 0) is 17.9 Å². The third-order valence-electron chi connectivity index (χ3n) is 5.35. The third-order valence-corrected chi connectivity index (χ3v) is 5.35. The lowest BCUT2D eigenvalue weighted by atomic mass is 9.95. The van der Waals surface area contributed by atoms with Crippen LogP contribution in [0.3, 0.4) is 0 Å². The molecule has 0 aliphatic carbocycles. The average molecular weight is 439 g/mol. The van der Waals surface area contributed by atoms with E-state index in [1.54, 1.807) is 55.7 Å². The molecule has 168 valence electrons. The normalized spacial score (nSPS) is 16.0. The zero-order valence-electron chi connectivity index (χ0n) is 18.4. The van der Waals surface area contributed by atoms with Gasteiger partial charge in [-0.2, -0.15) is 10.1 Å². The van der Waals surface area contributed by atoms with Gasteiger partial charge in [0.15, 0.2) is 5.82 Å². The van der Waals surface area contributed by atoms with E-state index in [9.17, 15) is 14.3 Å². The van der Waals surface area contributed by atoms with Crippen LogP contribution >= 0.6 is 0 Å². The number of aromatic nitrogens is 4. The first kappa shape index (κ1) is 21.7. The fraction of sp³-hybridized carbons (Fsp3) is 0.364. The quantitative estimate of drug-likeness (QED) is 0.541. The maximum absolute atomic E-state index is 13.1. The van der Waals surface area contributed by atoms with Crippen LogP contribution in [0.4, 0.5) is 21.8 Å². The van der Waals surface area contributed by atoms with Crippen LogP contribution in [0.15, 0.2) is 36.7 Å². The average Bonchev–Trinajstić information content (AvgIpc) is 3.15. The zero-order valence-corrected chi connectivity index (χ0v) is 18.4. The molecular formula is C22H26FN7O2. The SMILES string of the molecule is Cc1nc(NCc2cnn(Cc3ccc(F)cc3)c2)nc2c1NC(=O)C(C(C)(C)O)N2C. The Bertz CT molecular complexity index is 1140. The van der Waals surface area contributed by atoms with Crippen molar-refractivity contribution in [2.75, 3.05) is 22.6 Å². The topological polar surface area (TPSA) is 108 Å². The number of nitrogens with zero attached hydrogens (tertiary/aromatic N) is 5. The van der Waals surface area contributed by atoms with Crippen molar-refractivity contribution >= 4 is 23.4 Å². The largest absolute Gasteiger partial charge is 0.388 e. The number of carbonyl (C=O) groups is 1. The van der Waals surface area contributed by atoms with Crippen LogP contribution in [0.5, 0.6) is 0 Å². The summed E-state index contributed by atoms with van der Waals surface area (Å²) in [6.07, 6.45) is 3.65. The molecule has 1 amide bonds. The number of aryl methyl sites for hydroxylation is 1. The number of fused-ring (bicyclic) bond motifs is 1. The van der Waals surface area contributed by atoms with Crippen LogP contribution in [0.1, 0.15) is 30.7 Å². The summed E-state index contributed by atoms with van der Waals surface area (Å²) in [4.78, 5) is 23.2. The van der Waals surface area contributed by atoms with Gasteiger partial charge in [0.25, 0.3) is 0 Å². The maximum Gasteiger partial charge on any atom is 0.250 e. The number of rotatable bonds is 6. The van der Waals surface area contributed by atoms with Gasteiger partial charge in [-0.05, 0) is 38.5 Å². The Morgan fingerprint density at radius 1 is 1.22 bits per heavy atom. The minimum Gasteiger partial charge on any atom is -0.388 e. The minimum absolute atomic E-state index is 0.265. The maximum atomic E-state index is 13.1. The molecule has 0 spiro atoms. The minimum atomic E-state index is -1.25. The molecular weight excluding hydrogens is 413 g/mol. The predicted molar refractivity (Wildman–Crippen MR) is 119 cm³/mol. The molecule has 1 aromatic carbocycles. The van der Waals surface area contributed by atoms with Gasteiger partial charge in [0.1, 0.15) is 17.5 Å². The van der Waals surface area contributed by atoms with Crippen molar-refractivity contribution < 1.29 is 14.3 Å². The summed E-state index contributed by atoms with van der Waals surface area (Å²) in [7, 11) is 1.73. The first-order valence-electron chi connectivity index (χ1n) is 10.3. The number of nitrogens with one attached hydrogen (secondary N) is 2. The predicted octanol–water partition coefficient (Wildman–Crippen LogP) is 2.31. The lowest BCUT2D eigenvalue weighted by Crippen LogP contribution is -2.57. The number of amides is 1. The summed E-state index contributed by atoms with van der Waals surface area (Å²) in [6.45, 7) is 5.97. The molecule has 0 bridgehead atoms. The van der Waals surface area contributed by atoms with E-state index in [0.29, 0.717) is 36.2 Å². The fourth-order valence-corrected chi connectivity index (χ4v) is 3.86. The molecule has 10 heteroatoms. The fourth-order valence-electron chi connectivity index (χ4n) is 3.86. The Morgan fingerprint density at radius 3 is 2.62 bits per heavy atom. The highest BCUT2D eigenvalue weighted by Crippen LogP contribution is 2.35. The molecule has 9 nitrogen and oxygen atoms in total. The van der Waals surface area contributed by atoms with Gasteiger partial charge < -0.3 is 20.6 Å². The highest BCUT2D eigenvalue weighted by atomic mass is 19.1. The number of anilines is 3. The summed E-state index contributed by atoms with van der Waals surface area (Å²) in [5.74, 6) is 0.385. The van der Waals surface area contributed by atoms with Crippen molar-refractivity contribution in [1.29, 1.82) is 0 Å². The van der Waals surface area contributed by atoms with Crippen molar-refractivity contribution in [2.24, 2.45) is 0 Å². The molecule has 1 unspecified atom stereocenters. The third kappa shape index (κ3) is 4.40. The number of hydrogen-bond donors (Lipinski definition) is 3. The molecule has 0 radical (unpaired) electrons. The summed E-state index contributed by atoms with van der Waals surface area (Å²) < 4.78 is 14.8. The van der Waals surface area contributed by atoms with E-state index in [2.05, 4.69) is 25.7 Å². The van der Waals surface area contributed by atoms with Crippen LogP contribution < -0.4 is 15.5 Å². The van der Waals surface area contributed by atoms with E-state index in [4.69, 9.17) is 0 Å². The monoisotopic (exact) mass is 439 g/mol. The van der Waals surface area contributed by atoms with E-state index in [-0.39, 0.29) is 11.7 Å². The highest BCUT2D eigenvalue weighted by Gasteiger charge is 2.42. The van der Waals surface area contributed by atoms with Gasteiger partial charge in [-0.1, -0.05) is 12.1 Å². The lowest BCUT2D eigenvalue weighted by Gasteiger charge is -2.40. The lowest BCUT2D eigenvalue weighted by molar-refractivity contribution is -0.122. The smallest absolute Gasteiger partial charge is 0.250 e. The van der Waals surface area contributed by atoms with Gasteiger partial charge in [-0.3, -0.25) is 9.48 Å². The summed E-state index contributed by atoms with van der Waals surface area (Å²) in [6, 6.07) is 5.55. The molecule has 3 N–H and O–H groups in total. The van der Waals surface area contributed by atoms with Gasteiger partial charge in [0.05, 0.1) is 24.0 Å². The van der Waals surface area contributed by atoms with Crippen LogP contribution in [0.2, 0.25) is 0 Å². The molecule has 1 aliphatic rings. The Morgan fingerprint density at radius 2 is 1.94 bits per heavy atom. The Labute approximate surface area is 185 Å². The van der Waals surface area contributed by atoms with Gasteiger partial charge >= 0.3 is 0 Å². The van der Waals surface area contributed by atoms with Crippen molar-refractivity contribution in [2.45, 2.75) is 45.5 Å².